The van der Waals surface area contributed by atoms with Crippen LogP contribution >= 0.6 is 0 Å². The predicted octanol–water partition coefficient (Wildman–Crippen LogP) is 3.44. The Balaban J connectivity index is 2.12. The summed E-state index contributed by atoms with van der Waals surface area (Å²) in [6.07, 6.45) is 0.385. The second kappa shape index (κ2) is 6.24. The van der Waals surface area contributed by atoms with Crippen molar-refractivity contribution in [3.05, 3.63) is 59.2 Å². The van der Waals surface area contributed by atoms with Gasteiger partial charge >= 0.3 is 0 Å². The molecular formula is C17H18O3. The van der Waals surface area contributed by atoms with Gasteiger partial charge in [-0.3, -0.25) is 4.79 Å². The third kappa shape index (κ3) is 3.18. The van der Waals surface area contributed by atoms with Crippen LogP contribution in [0.3, 0.4) is 0 Å². The maximum absolute atomic E-state index is 12.2. The van der Waals surface area contributed by atoms with Crippen LogP contribution in [0, 0.1) is 6.92 Å². The van der Waals surface area contributed by atoms with Crippen molar-refractivity contribution in [3.63, 3.8) is 0 Å². The van der Waals surface area contributed by atoms with Gasteiger partial charge in [-0.2, -0.15) is 0 Å². The Morgan fingerprint density at radius 1 is 1.00 bits per heavy atom. The first-order valence-electron chi connectivity index (χ1n) is 6.45. The zero-order valence-corrected chi connectivity index (χ0v) is 12.0. The molecule has 0 fully saturated rings. The fraction of sp³-hybridized carbons (Fsp3) is 0.235. The van der Waals surface area contributed by atoms with Gasteiger partial charge in [-0.25, -0.2) is 0 Å². The molecule has 0 aliphatic heterocycles. The molecule has 2 rings (SSSR count). The molecule has 0 aliphatic rings. The summed E-state index contributed by atoms with van der Waals surface area (Å²) in [7, 11) is 3.25. The Morgan fingerprint density at radius 2 is 1.70 bits per heavy atom. The van der Waals surface area contributed by atoms with E-state index in [1.807, 2.05) is 43.3 Å². The lowest BCUT2D eigenvalue weighted by molar-refractivity contribution is 0.0993. The van der Waals surface area contributed by atoms with E-state index in [1.54, 1.807) is 20.3 Å². The van der Waals surface area contributed by atoms with Crippen molar-refractivity contribution >= 4 is 5.78 Å². The number of aryl methyl sites for hydroxylation is 1. The van der Waals surface area contributed by atoms with Crippen LogP contribution in [-0.4, -0.2) is 20.0 Å². The van der Waals surface area contributed by atoms with E-state index < -0.39 is 0 Å². The molecule has 0 saturated heterocycles. The number of ketones is 1. The third-order valence-electron chi connectivity index (χ3n) is 3.24. The van der Waals surface area contributed by atoms with Crippen molar-refractivity contribution < 1.29 is 14.3 Å². The monoisotopic (exact) mass is 270 g/mol. The molecule has 0 radical (unpaired) electrons. The van der Waals surface area contributed by atoms with E-state index in [1.165, 1.54) is 0 Å². The van der Waals surface area contributed by atoms with E-state index in [9.17, 15) is 4.79 Å². The third-order valence-corrected chi connectivity index (χ3v) is 3.24. The molecule has 0 bridgehead atoms. The van der Waals surface area contributed by atoms with Crippen molar-refractivity contribution in [1.82, 2.24) is 0 Å². The molecule has 2 aromatic rings. The van der Waals surface area contributed by atoms with Gasteiger partial charge in [0.2, 0.25) is 0 Å². The molecule has 3 heteroatoms. The van der Waals surface area contributed by atoms with E-state index in [4.69, 9.17) is 9.47 Å². The lowest BCUT2D eigenvalue weighted by Crippen LogP contribution is -2.04. The van der Waals surface area contributed by atoms with Gasteiger partial charge in [0, 0.05) is 12.0 Å². The molecule has 0 aromatic heterocycles. The predicted molar refractivity (Wildman–Crippen MR) is 78.8 cm³/mol. The highest BCUT2D eigenvalue weighted by Gasteiger charge is 2.09. The zero-order valence-electron chi connectivity index (χ0n) is 12.0. The van der Waals surface area contributed by atoms with E-state index in [0.717, 1.165) is 22.6 Å². The first-order valence-corrected chi connectivity index (χ1v) is 6.45. The zero-order chi connectivity index (χ0) is 14.5. The number of hydrogen-bond acceptors (Lipinski definition) is 3. The molecule has 0 heterocycles. The van der Waals surface area contributed by atoms with E-state index in [-0.39, 0.29) is 5.78 Å². The van der Waals surface area contributed by atoms with Crippen LogP contribution in [-0.2, 0) is 6.42 Å². The summed E-state index contributed by atoms with van der Waals surface area (Å²) in [5.41, 5.74) is 2.65. The number of Topliss-reactive ketones (excluding diaryl/α,β-unsaturated/α-hetero) is 1. The smallest absolute Gasteiger partial charge is 0.167 e. The second-order valence-corrected chi connectivity index (χ2v) is 4.63. The molecule has 20 heavy (non-hydrogen) atoms. The Hall–Kier alpha value is -2.29. The molecule has 0 unspecified atom stereocenters. The van der Waals surface area contributed by atoms with Gasteiger partial charge in [0.1, 0.15) is 11.5 Å². The van der Waals surface area contributed by atoms with Crippen LogP contribution in [0.25, 0.3) is 0 Å². The minimum Gasteiger partial charge on any atom is -0.497 e. The molecule has 104 valence electrons. The second-order valence-electron chi connectivity index (χ2n) is 4.63. The Bertz CT molecular complexity index is 600. The SMILES string of the molecule is COc1ccc(CC(=O)c2ccc(OC)c(C)c2)cc1. The fourth-order valence-electron chi connectivity index (χ4n) is 2.08. The van der Waals surface area contributed by atoms with Crippen LogP contribution in [0.1, 0.15) is 21.5 Å². The Morgan fingerprint density at radius 3 is 2.25 bits per heavy atom. The summed E-state index contributed by atoms with van der Waals surface area (Å²) in [4.78, 5) is 12.2. The summed E-state index contributed by atoms with van der Waals surface area (Å²) < 4.78 is 10.3. The number of ether oxygens (including phenoxy) is 2. The lowest BCUT2D eigenvalue weighted by Gasteiger charge is -2.07. The van der Waals surface area contributed by atoms with Gasteiger partial charge in [0.15, 0.2) is 5.78 Å². The van der Waals surface area contributed by atoms with Crippen molar-refractivity contribution in [2.75, 3.05) is 14.2 Å². The molecule has 0 aliphatic carbocycles. The van der Waals surface area contributed by atoms with Crippen molar-refractivity contribution in [2.45, 2.75) is 13.3 Å². The number of methoxy groups -OCH3 is 2. The molecule has 0 N–H and O–H groups in total. The first kappa shape index (κ1) is 14.1. The standard InChI is InChI=1S/C17H18O3/c1-12-10-14(6-9-17(12)20-3)16(18)11-13-4-7-15(19-2)8-5-13/h4-10H,11H2,1-3H3. The van der Waals surface area contributed by atoms with Crippen molar-refractivity contribution in [1.29, 1.82) is 0 Å². The van der Waals surface area contributed by atoms with E-state index in [2.05, 4.69) is 0 Å². The van der Waals surface area contributed by atoms with Crippen LogP contribution in [0.5, 0.6) is 11.5 Å². The summed E-state index contributed by atoms with van der Waals surface area (Å²) in [6.45, 7) is 1.93. The molecule has 0 spiro atoms. The molecule has 3 nitrogen and oxygen atoms in total. The molecule has 0 atom stereocenters. The summed E-state index contributed by atoms with van der Waals surface area (Å²) in [5.74, 6) is 1.69. The number of carbonyl (C=O) groups excluding carboxylic acids is 1. The average molecular weight is 270 g/mol. The maximum atomic E-state index is 12.2. The molecule has 0 saturated carbocycles. The quantitative estimate of drug-likeness (QED) is 0.781. The average Bonchev–Trinajstić information content (AvgIpc) is 2.48. The van der Waals surface area contributed by atoms with Gasteiger partial charge in [-0.05, 0) is 48.4 Å². The molecular weight excluding hydrogens is 252 g/mol. The number of benzene rings is 2. The highest BCUT2D eigenvalue weighted by molar-refractivity contribution is 5.97. The summed E-state index contributed by atoms with van der Waals surface area (Å²) in [5, 5.41) is 0. The largest absolute Gasteiger partial charge is 0.497 e. The molecule has 2 aromatic carbocycles. The Kier molecular flexibility index (Phi) is 4.41. The minimum atomic E-state index is 0.0981. The number of hydrogen-bond donors (Lipinski definition) is 0. The highest BCUT2D eigenvalue weighted by Crippen LogP contribution is 2.20. The summed E-state index contributed by atoms with van der Waals surface area (Å²) in [6, 6.07) is 13.0. The highest BCUT2D eigenvalue weighted by atomic mass is 16.5. The fourth-order valence-corrected chi connectivity index (χ4v) is 2.08. The number of rotatable bonds is 5. The van der Waals surface area contributed by atoms with Gasteiger partial charge in [-0.15, -0.1) is 0 Å². The maximum Gasteiger partial charge on any atom is 0.167 e. The van der Waals surface area contributed by atoms with Crippen LogP contribution in [0.15, 0.2) is 42.5 Å². The normalized spacial score (nSPS) is 10.2. The van der Waals surface area contributed by atoms with E-state index >= 15 is 0 Å². The van der Waals surface area contributed by atoms with E-state index in [0.29, 0.717) is 12.0 Å². The van der Waals surface area contributed by atoms with Crippen LogP contribution < -0.4 is 9.47 Å². The van der Waals surface area contributed by atoms with Crippen molar-refractivity contribution in [3.8, 4) is 11.5 Å². The van der Waals surface area contributed by atoms with Crippen LogP contribution in [0.2, 0.25) is 0 Å². The van der Waals surface area contributed by atoms with Gasteiger partial charge in [0.05, 0.1) is 14.2 Å². The van der Waals surface area contributed by atoms with Gasteiger partial charge < -0.3 is 9.47 Å². The van der Waals surface area contributed by atoms with Gasteiger partial charge in [-0.1, -0.05) is 12.1 Å². The minimum absolute atomic E-state index is 0.0981. The van der Waals surface area contributed by atoms with Gasteiger partial charge in [0.25, 0.3) is 0 Å². The lowest BCUT2D eigenvalue weighted by atomic mass is 10.0. The summed E-state index contributed by atoms with van der Waals surface area (Å²) >= 11 is 0. The Labute approximate surface area is 119 Å². The number of carbonyl (C=O) groups is 1. The topological polar surface area (TPSA) is 35.5 Å². The first-order chi connectivity index (χ1) is 9.63. The molecule has 0 amide bonds. The van der Waals surface area contributed by atoms with Crippen LogP contribution in [0.4, 0.5) is 0 Å². The van der Waals surface area contributed by atoms with Crippen molar-refractivity contribution in [2.24, 2.45) is 0 Å².